The molecule has 12 aromatic rings. The quantitative estimate of drug-likeness (QED) is 0.166. The van der Waals surface area contributed by atoms with Gasteiger partial charge in [-0.05, 0) is 90.0 Å². The summed E-state index contributed by atoms with van der Waals surface area (Å²) in [7, 11) is 0. The molecule has 0 bridgehead atoms. The first-order valence-corrected chi connectivity index (χ1v) is 20.1. The van der Waals surface area contributed by atoms with E-state index in [0.717, 1.165) is 61.7 Å². The summed E-state index contributed by atoms with van der Waals surface area (Å²) in [5.41, 5.74) is 15.5. The molecule has 0 radical (unpaired) electrons. The maximum Gasteiger partial charge on any atom is 0.0716 e. The van der Waals surface area contributed by atoms with Gasteiger partial charge in [0.2, 0.25) is 0 Å². The highest BCUT2D eigenvalue weighted by atomic mass is 15.0. The van der Waals surface area contributed by atoms with Gasteiger partial charge in [-0.2, -0.15) is 0 Å². The van der Waals surface area contributed by atoms with Crippen molar-refractivity contribution in [2.45, 2.75) is 0 Å². The second-order valence-corrected chi connectivity index (χ2v) is 15.2. The standard InChI is InChI=1S/C55H36N4/c1-5-16-37(17-6-1)41-34-48(38-18-7-2-8-19-38)56-49(35-41)39-20-15-25-44(32-39)59-53-36-52-40(30-31-57(52)42-21-9-3-10-22-42)33-47(53)45-28-29-51-54(55(45)59)46-26-13-14-27-50(46)58(51)43-23-11-4-12-24-43/h1-36H. The van der Waals surface area contributed by atoms with Crippen LogP contribution in [-0.4, -0.2) is 18.7 Å². The zero-order valence-electron chi connectivity index (χ0n) is 32.1. The van der Waals surface area contributed by atoms with Crippen LogP contribution in [0.2, 0.25) is 0 Å². The number of para-hydroxylation sites is 3. The van der Waals surface area contributed by atoms with E-state index in [1.54, 1.807) is 0 Å². The van der Waals surface area contributed by atoms with Crippen molar-refractivity contribution in [3.8, 4) is 50.7 Å². The Kier molecular flexibility index (Phi) is 7.50. The van der Waals surface area contributed by atoms with Crippen LogP contribution >= 0.6 is 0 Å². The van der Waals surface area contributed by atoms with Crippen LogP contribution in [-0.2, 0) is 0 Å². The van der Waals surface area contributed by atoms with Crippen LogP contribution in [0.15, 0.2) is 219 Å². The molecule has 0 aliphatic rings. The van der Waals surface area contributed by atoms with E-state index in [9.17, 15) is 0 Å². The molecule has 0 unspecified atom stereocenters. The number of hydrogen-bond acceptors (Lipinski definition) is 1. The Balaban J connectivity index is 1.17. The van der Waals surface area contributed by atoms with Crippen molar-refractivity contribution in [1.82, 2.24) is 18.7 Å². The number of pyridine rings is 1. The van der Waals surface area contributed by atoms with E-state index in [2.05, 4.69) is 232 Å². The molecular formula is C55H36N4. The maximum atomic E-state index is 5.34. The van der Waals surface area contributed by atoms with E-state index in [1.165, 1.54) is 43.5 Å². The van der Waals surface area contributed by atoms with Gasteiger partial charge in [-0.15, -0.1) is 0 Å². The Morgan fingerprint density at radius 1 is 0.322 bits per heavy atom. The Morgan fingerprint density at radius 2 is 0.949 bits per heavy atom. The molecule has 0 amide bonds. The molecule has 276 valence electrons. The fourth-order valence-electron chi connectivity index (χ4n) is 9.16. The van der Waals surface area contributed by atoms with Crippen molar-refractivity contribution in [2.24, 2.45) is 0 Å². The van der Waals surface area contributed by atoms with Gasteiger partial charge in [0.05, 0.1) is 39.0 Å². The molecule has 4 aromatic heterocycles. The smallest absolute Gasteiger partial charge is 0.0716 e. The van der Waals surface area contributed by atoms with E-state index in [4.69, 9.17) is 4.98 Å². The number of hydrogen-bond donors (Lipinski definition) is 0. The largest absolute Gasteiger partial charge is 0.316 e. The second kappa shape index (κ2) is 13.3. The van der Waals surface area contributed by atoms with Crippen molar-refractivity contribution in [2.75, 3.05) is 0 Å². The molecule has 4 heteroatoms. The highest BCUT2D eigenvalue weighted by Crippen LogP contribution is 2.44. The number of fused-ring (bicyclic) bond motifs is 8. The average molecular weight is 753 g/mol. The lowest BCUT2D eigenvalue weighted by atomic mass is 10.00. The second-order valence-electron chi connectivity index (χ2n) is 15.2. The Hall–Kier alpha value is -7.95. The first kappa shape index (κ1) is 33.2. The van der Waals surface area contributed by atoms with Gasteiger partial charge < -0.3 is 13.7 Å². The highest BCUT2D eigenvalue weighted by molar-refractivity contribution is 6.27. The van der Waals surface area contributed by atoms with Gasteiger partial charge in [0, 0.05) is 61.3 Å². The maximum absolute atomic E-state index is 5.34. The van der Waals surface area contributed by atoms with Crippen molar-refractivity contribution in [3.05, 3.63) is 219 Å². The van der Waals surface area contributed by atoms with E-state index >= 15 is 0 Å². The summed E-state index contributed by atoms with van der Waals surface area (Å²) in [6, 6.07) is 76.3. The lowest BCUT2D eigenvalue weighted by Crippen LogP contribution is -1.97. The van der Waals surface area contributed by atoms with Crippen LogP contribution in [0.3, 0.4) is 0 Å². The molecule has 59 heavy (non-hydrogen) atoms. The lowest BCUT2D eigenvalue weighted by Gasteiger charge is -2.14. The fourth-order valence-corrected chi connectivity index (χ4v) is 9.16. The molecule has 0 spiro atoms. The van der Waals surface area contributed by atoms with E-state index in [0.29, 0.717) is 0 Å². The van der Waals surface area contributed by atoms with E-state index in [-0.39, 0.29) is 0 Å². The van der Waals surface area contributed by atoms with Gasteiger partial charge in [-0.1, -0.05) is 133 Å². The fraction of sp³-hybridized carbons (Fsp3) is 0. The minimum absolute atomic E-state index is 0.930. The Morgan fingerprint density at radius 3 is 1.71 bits per heavy atom. The molecule has 0 N–H and O–H groups in total. The predicted molar refractivity (Wildman–Crippen MR) is 246 cm³/mol. The van der Waals surface area contributed by atoms with Crippen LogP contribution in [0.1, 0.15) is 0 Å². The van der Waals surface area contributed by atoms with Crippen LogP contribution in [0, 0.1) is 0 Å². The summed E-state index contributed by atoms with van der Waals surface area (Å²) in [6.45, 7) is 0. The lowest BCUT2D eigenvalue weighted by molar-refractivity contribution is 1.13. The summed E-state index contributed by atoms with van der Waals surface area (Å²) in [5.74, 6) is 0. The molecule has 0 saturated heterocycles. The molecule has 4 nitrogen and oxygen atoms in total. The molecule has 0 aliphatic heterocycles. The third-order valence-electron chi connectivity index (χ3n) is 11.8. The van der Waals surface area contributed by atoms with Crippen molar-refractivity contribution in [1.29, 1.82) is 0 Å². The third kappa shape index (κ3) is 5.34. The molecule has 4 heterocycles. The minimum atomic E-state index is 0.930. The summed E-state index contributed by atoms with van der Waals surface area (Å²) in [5, 5.41) is 6.10. The van der Waals surface area contributed by atoms with Gasteiger partial charge in [0.25, 0.3) is 0 Å². The first-order valence-electron chi connectivity index (χ1n) is 20.1. The van der Waals surface area contributed by atoms with Crippen LogP contribution in [0.25, 0.3) is 105 Å². The van der Waals surface area contributed by atoms with E-state index < -0.39 is 0 Å². The van der Waals surface area contributed by atoms with Gasteiger partial charge >= 0.3 is 0 Å². The third-order valence-corrected chi connectivity index (χ3v) is 11.8. The normalized spacial score (nSPS) is 11.7. The highest BCUT2D eigenvalue weighted by Gasteiger charge is 2.22. The summed E-state index contributed by atoms with van der Waals surface area (Å²) in [4.78, 5) is 5.34. The number of benzene rings is 8. The van der Waals surface area contributed by atoms with Crippen molar-refractivity contribution < 1.29 is 0 Å². The van der Waals surface area contributed by atoms with Gasteiger partial charge in [-0.3, -0.25) is 0 Å². The molecule has 0 fully saturated rings. The molecule has 8 aromatic carbocycles. The molecule has 12 rings (SSSR count). The van der Waals surface area contributed by atoms with Crippen LogP contribution < -0.4 is 0 Å². The Bertz CT molecular complexity index is 3460. The number of aromatic nitrogens is 4. The zero-order chi connectivity index (χ0) is 38.9. The average Bonchev–Trinajstić information content (AvgIpc) is 3.99. The molecule has 0 atom stereocenters. The van der Waals surface area contributed by atoms with Gasteiger partial charge in [0.1, 0.15) is 0 Å². The number of nitrogens with zero attached hydrogens (tertiary/aromatic N) is 4. The summed E-state index contributed by atoms with van der Waals surface area (Å²) >= 11 is 0. The van der Waals surface area contributed by atoms with Crippen molar-refractivity contribution >= 4 is 54.5 Å². The van der Waals surface area contributed by atoms with Gasteiger partial charge in [0.15, 0.2) is 0 Å². The van der Waals surface area contributed by atoms with Gasteiger partial charge in [-0.25, -0.2) is 4.98 Å². The van der Waals surface area contributed by atoms with E-state index in [1.807, 2.05) is 0 Å². The Labute approximate surface area is 341 Å². The number of rotatable bonds is 6. The first-order chi connectivity index (χ1) is 29.3. The van der Waals surface area contributed by atoms with Crippen LogP contribution in [0.5, 0.6) is 0 Å². The topological polar surface area (TPSA) is 27.7 Å². The molecule has 0 aliphatic carbocycles. The zero-order valence-corrected chi connectivity index (χ0v) is 32.1. The van der Waals surface area contributed by atoms with Crippen molar-refractivity contribution in [3.63, 3.8) is 0 Å². The minimum Gasteiger partial charge on any atom is -0.316 e. The summed E-state index contributed by atoms with van der Waals surface area (Å²) in [6.07, 6.45) is 2.19. The van der Waals surface area contributed by atoms with Crippen LogP contribution in [0.4, 0.5) is 0 Å². The predicted octanol–water partition coefficient (Wildman–Crippen LogP) is 14.2. The summed E-state index contributed by atoms with van der Waals surface area (Å²) < 4.78 is 7.21. The molecular weight excluding hydrogens is 717 g/mol. The monoisotopic (exact) mass is 752 g/mol. The SMILES string of the molecule is c1ccc(-c2cc(-c3ccccc3)nc(-c3cccc(-n4c5cc6c(ccn6-c6ccccc6)cc5c5ccc6c(c7ccccc7n6-c6ccccc6)c54)c3)c2)cc1. The molecule has 0 saturated carbocycles.